The van der Waals surface area contributed by atoms with E-state index in [1.54, 1.807) is 29.2 Å². The smallest absolute Gasteiger partial charge is 0.172 e. The second kappa shape index (κ2) is 7.65. The minimum absolute atomic E-state index is 0.0402. The number of halogens is 1. The topological polar surface area (TPSA) is 97.5 Å². The van der Waals surface area contributed by atoms with Crippen LogP contribution in [-0.4, -0.2) is 38.2 Å². The minimum Gasteiger partial charge on any atom is -0.503 e. The highest BCUT2D eigenvalue weighted by Gasteiger charge is 2.11. The molecule has 140 valence electrons. The van der Waals surface area contributed by atoms with Crippen molar-refractivity contribution in [3.05, 3.63) is 65.0 Å². The molecule has 2 N–H and O–H groups in total. The molecule has 0 unspecified atom stereocenters. The maximum atomic E-state index is 9.88. The van der Waals surface area contributed by atoms with Crippen LogP contribution in [0.3, 0.4) is 0 Å². The molecule has 0 amide bonds. The number of hydrazone groups is 1. The van der Waals surface area contributed by atoms with Crippen molar-refractivity contribution in [1.82, 2.24) is 19.7 Å². The summed E-state index contributed by atoms with van der Waals surface area (Å²) in [6.45, 7) is 0. The lowest BCUT2D eigenvalue weighted by atomic mass is 10.2. The highest BCUT2D eigenvalue weighted by atomic mass is 79.9. The molecule has 4 aromatic rings. The maximum Gasteiger partial charge on any atom is 0.172 e. The van der Waals surface area contributed by atoms with E-state index in [0.717, 1.165) is 16.6 Å². The molecule has 0 spiro atoms. The van der Waals surface area contributed by atoms with Gasteiger partial charge in [-0.25, -0.2) is 14.6 Å². The van der Waals surface area contributed by atoms with Gasteiger partial charge in [-0.3, -0.25) is 5.43 Å². The third-order valence-electron chi connectivity index (χ3n) is 4.02. The van der Waals surface area contributed by atoms with Gasteiger partial charge in [0.25, 0.3) is 0 Å². The minimum atomic E-state index is 0.0402. The van der Waals surface area contributed by atoms with Crippen LogP contribution in [0.2, 0.25) is 0 Å². The van der Waals surface area contributed by atoms with Crippen LogP contribution in [0.25, 0.3) is 16.7 Å². The average Bonchev–Trinajstić information content (AvgIpc) is 3.16. The Bertz CT molecular complexity index is 1160. The summed E-state index contributed by atoms with van der Waals surface area (Å²) in [6, 6.07) is 13.1. The van der Waals surface area contributed by atoms with Gasteiger partial charge in [-0.05, 0) is 45.8 Å². The van der Waals surface area contributed by atoms with E-state index in [2.05, 4.69) is 41.5 Å². The monoisotopic (exact) mass is 438 g/mol. The summed E-state index contributed by atoms with van der Waals surface area (Å²) in [7, 11) is 1.49. The number of benzene rings is 2. The lowest BCUT2D eigenvalue weighted by Crippen LogP contribution is -1.99. The number of para-hydroxylation sites is 1. The number of methoxy groups -OCH3 is 1. The number of hydrogen-bond donors (Lipinski definition) is 2. The summed E-state index contributed by atoms with van der Waals surface area (Å²) < 4.78 is 7.40. The standard InChI is InChI=1S/C19H15BrN6O2/c1-28-16-8-12(7-15(20)17(16)27)9-23-25-18-14-10-24-26(19(14)22-11-21-18)13-5-3-2-4-6-13/h2-11,27H,1H3,(H,21,22,25)/b23-9+. The highest BCUT2D eigenvalue weighted by Crippen LogP contribution is 2.34. The van der Waals surface area contributed by atoms with Gasteiger partial charge >= 0.3 is 0 Å². The molecule has 0 aliphatic heterocycles. The van der Waals surface area contributed by atoms with Gasteiger partial charge in [-0.2, -0.15) is 10.2 Å². The zero-order valence-corrected chi connectivity index (χ0v) is 16.3. The van der Waals surface area contributed by atoms with Crippen molar-refractivity contribution >= 4 is 39.0 Å². The van der Waals surface area contributed by atoms with Crippen LogP contribution in [0.1, 0.15) is 5.56 Å². The maximum absolute atomic E-state index is 9.88. The first-order valence-corrected chi connectivity index (χ1v) is 9.06. The molecule has 2 aromatic carbocycles. The lowest BCUT2D eigenvalue weighted by Gasteiger charge is -2.06. The van der Waals surface area contributed by atoms with E-state index in [1.165, 1.54) is 13.4 Å². The van der Waals surface area contributed by atoms with Crippen molar-refractivity contribution in [2.75, 3.05) is 12.5 Å². The van der Waals surface area contributed by atoms with Gasteiger partial charge in [0.15, 0.2) is 23.0 Å². The average molecular weight is 439 g/mol. The molecule has 0 aliphatic carbocycles. The van der Waals surface area contributed by atoms with E-state index in [4.69, 9.17) is 4.74 Å². The molecule has 0 saturated heterocycles. The van der Waals surface area contributed by atoms with Crippen LogP contribution in [-0.2, 0) is 0 Å². The number of rotatable bonds is 5. The first-order valence-electron chi connectivity index (χ1n) is 8.27. The number of nitrogens with zero attached hydrogens (tertiary/aromatic N) is 5. The SMILES string of the molecule is COc1cc(/C=N/Nc2ncnc3c2cnn3-c2ccccc2)cc(Br)c1O. The Morgan fingerprint density at radius 1 is 1.21 bits per heavy atom. The molecular weight excluding hydrogens is 424 g/mol. The summed E-state index contributed by atoms with van der Waals surface area (Å²) in [5, 5.41) is 19.3. The number of hydrogen-bond acceptors (Lipinski definition) is 7. The molecule has 2 heterocycles. The Labute approximate surface area is 168 Å². The van der Waals surface area contributed by atoms with E-state index in [9.17, 15) is 5.11 Å². The van der Waals surface area contributed by atoms with Crippen molar-refractivity contribution < 1.29 is 9.84 Å². The van der Waals surface area contributed by atoms with E-state index in [1.807, 2.05) is 30.3 Å². The van der Waals surface area contributed by atoms with Crippen molar-refractivity contribution in [2.45, 2.75) is 0 Å². The zero-order valence-electron chi connectivity index (χ0n) is 14.7. The fourth-order valence-electron chi connectivity index (χ4n) is 2.68. The molecule has 8 nitrogen and oxygen atoms in total. The van der Waals surface area contributed by atoms with Crippen LogP contribution < -0.4 is 10.2 Å². The number of nitrogens with one attached hydrogen (secondary N) is 1. The van der Waals surface area contributed by atoms with Crippen LogP contribution in [0.5, 0.6) is 11.5 Å². The summed E-state index contributed by atoms with van der Waals surface area (Å²) >= 11 is 3.29. The third kappa shape index (κ3) is 3.39. The number of anilines is 1. The van der Waals surface area contributed by atoms with E-state index in [0.29, 0.717) is 21.7 Å². The number of phenolic OH excluding ortho intramolecular Hbond substituents is 1. The molecule has 0 aliphatic rings. The molecule has 0 saturated carbocycles. The van der Waals surface area contributed by atoms with Gasteiger partial charge in [0.05, 0.1) is 35.1 Å². The predicted molar refractivity (Wildman–Crippen MR) is 110 cm³/mol. The summed E-state index contributed by atoms with van der Waals surface area (Å²) in [6.07, 6.45) is 4.75. The fraction of sp³-hybridized carbons (Fsp3) is 0.0526. The number of phenols is 1. The van der Waals surface area contributed by atoms with Crippen molar-refractivity contribution in [1.29, 1.82) is 0 Å². The normalized spacial score (nSPS) is 11.2. The van der Waals surface area contributed by atoms with Crippen molar-refractivity contribution in [3.63, 3.8) is 0 Å². The summed E-state index contributed by atoms with van der Waals surface area (Å²) in [5.41, 5.74) is 5.24. The quantitative estimate of drug-likeness (QED) is 0.363. The Balaban J connectivity index is 1.62. The Kier molecular flexibility index (Phi) is 4.90. The molecule has 0 fully saturated rings. The number of ether oxygens (including phenoxy) is 1. The Morgan fingerprint density at radius 2 is 2.04 bits per heavy atom. The van der Waals surface area contributed by atoms with E-state index in [-0.39, 0.29) is 5.75 Å². The molecule has 9 heteroatoms. The van der Waals surface area contributed by atoms with Gasteiger partial charge < -0.3 is 9.84 Å². The first kappa shape index (κ1) is 17.9. The molecule has 28 heavy (non-hydrogen) atoms. The molecule has 0 bridgehead atoms. The molecule has 2 aromatic heterocycles. The largest absolute Gasteiger partial charge is 0.503 e. The van der Waals surface area contributed by atoms with Gasteiger partial charge in [0.1, 0.15) is 6.33 Å². The number of fused-ring (bicyclic) bond motifs is 1. The van der Waals surface area contributed by atoms with Crippen LogP contribution in [0, 0.1) is 0 Å². The molecular formula is C19H15BrN6O2. The third-order valence-corrected chi connectivity index (χ3v) is 4.63. The predicted octanol–water partition coefficient (Wildman–Crippen LogP) is 3.74. The van der Waals surface area contributed by atoms with Crippen molar-refractivity contribution in [3.8, 4) is 17.2 Å². The summed E-state index contributed by atoms with van der Waals surface area (Å²) in [5.74, 6) is 0.927. The van der Waals surface area contributed by atoms with Gasteiger partial charge in [0.2, 0.25) is 0 Å². The molecule has 0 radical (unpaired) electrons. The molecule has 4 rings (SSSR count). The molecule has 0 atom stereocenters. The lowest BCUT2D eigenvalue weighted by molar-refractivity contribution is 0.372. The second-order valence-corrected chi connectivity index (χ2v) is 6.63. The Morgan fingerprint density at radius 3 is 2.82 bits per heavy atom. The number of aromatic hydroxyl groups is 1. The second-order valence-electron chi connectivity index (χ2n) is 5.78. The van der Waals surface area contributed by atoms with E-state index >= 15 is 0 Å². The number of aromatic nitrogens is 4. The highest BCUT2D eigenvalue weighted by molar-refractivity contribution is 9.10. The van der Waals surface area contributed by atoms with Crippen molar-refractivity contribution in [2.24, 2.45) is 5.10 Å². The first-order chi connectivity index (χ1) is 13.7. The fourth-order valence-corrected chi connectivity index (χ4v) is 3.14. The van der Waals surface area contributed by atoms with Gasteiger partial charge in [-0.1, -0.05) is 18.2 Å². The van der Waals surface area contributed by atoms with Crippen LogP contribution in [0.4, 0.5) is 5.82 Å². The van der Waals surface area contributed by atoms with Crippen LogP contribution in [0.15, 0.2) is 64.6 Å². The summed E-state index contributed by atoms with van der Waals surface area (Å²) in [4.78, 5) is 8.58. The zero-order chi connectivity index (χ0) is 19.5. The van der Waals surface area contributed by atoms with Gasteiger partial charge in [0, 0.05) is 0 Å². The van der Waals surface area contributed by atoms with E-state index < -0.39 is 0 Å². The Hall–Kier alpha value is -3.46. The van der Waals surface area contributed by atoms with Crippen LogP contribution >= 0.6 is 15.9 Å². The van der Waals surface area contributed by atoms with Gasteiger partial charge in [-0.15, -0.1) is 0 Å².